The van der Waals surface area contributed by atoms with Crippen molar-refractivity contribution in [1.29, 1.82) is 5.26 Å². The van der Waals surface area contributed by atoms with E-state index in [9.17, 15) is 10.1 Å². The Labute approximate surface area is 127 Å². The summed E-state index contributed by atoms with van der Waals surface area (Å²) in [6, 6.07) is 7.25. The molecule has 22 heavy (non-hydrogen) atoms. The van der Waals surface area contributed by atoms with E-state index in [4.69, 9.17) is 14.2 Å². The van der Waals surface area contributed by atoms with Gasteiger partial charge in [-0.2, -0.15) is 5.26 Å². The van der Waals surface area contributed by atoms with Crippen molar-refractivity contribution >= 4 is 11.6 Å². The van der Waals surface area contributed by atoms with Crippen LogP contribution in [0.25, 0.3) is 0 Å². The number of nitriles is 1. The SMILES string of the molecule is N#C/C(=C/Nc1ccc2c(c1)OCO2)C(=O)N1CCOCC1. The van der Waals surface area contributed by atoms with Crippen LogP contribution >= 0.6 is 0 Å². The molecular weight excluding hydrogens is 286 g/mol. The second-order valence-electron chi connectivity index (χ2n) is 4.79. The van der Waals surface area contributed by atoms with Crippen LogP contribution in [0.4, 0.5) is 5.69 Å². The molecule has 1 N–H and O–H groups in total. The summed E-state index contributed by atoms with van der Waals surface area (Å²) in [4.78, 5) is 13.8. The highest BCUT2D eigenvalue weighted by Crippen LogP contribution is 2.34. The van der Waals surface area contributed by atoms with Gasteiger partial charge in [0.15, 0.2) is 11.5 Å². The Hall–Kier alpha value is -2.72. The van der Waals surface area contributed by atoms with Gasteiger partial charge in [0.2, 0.25) is 6.79 Å². The molecule has 0 atom stereocenters. The molecular formula is C15H15N3O4. The zero-order valence-corrected chi connectivity index (χ0v) is 11.9. The van der Waals surface area contributed by atoms with E-state index < -0.39 is 0 Å². The maximum atomic E-state index is 12.2. The molecule has 1 saturated heterocycles. The number of benzene rings is 1. The molecule has 7 heteroatoms. The van der Waals surface area contributed by atoms with Crippen LogP contribution in [-0.4, -0.2) is 43.9 Å². The number of hydrogen-bond acceptors (Lipinski definition) is 6. The monoisotopic (exact) mass is 301 g/mol. The van der Waals surface area contributed by atoms with E-state index in [2.05, 4.69) is 5.32 Å². The summed E-state index contributed by atoms with van der Waals surface area (Å²) >= 11 is 0. The van der Waals surface area contributed by atoms with Crippen molar-refractivity contribution in [3.63, 3.8) is 0 Å². The lowest BCUT2D eigenvalue weighted by atomic mass is 10.2. The van der Waals surface area contributed by atoms with Gasteiger partial charge in [0.25, 0.3) is 5.91 Å². The van der Waals surface area contributed by atoms with E-state index in [1.54, 1.807) is 23.1 Å². The number of carbonyl (C=O) groups excluding carboxylic acids is 1. The molecule has 1 aromatic carbocycles. The van der Waals surface area contributed by atoms with Crippen LogP contribution in [0.3, 0.4) is 0 Å². The molecule has 1 amide bonds. The van der Waals surface area contributed by atoms with Crippen molar-refractivity contribution in [3.8, 4) is 17.6 Å². The number of morpholine rings is 1. The number of ether oxygens (including phenoxy) is 3. The lowest BCUT2D eigenvalue weighted by Gasteiger charge is -2.26. The second-order valence-corrected chi connectivity index (χ2v) is 4.79. The molecule has 0 saturated carbocycles. The first-order chi connectivity index (χ1) is 10.8. The molecule has 0 spiro atoms. The van der Waals surface area contributed by atoms with E-state index >= 15 is 0 Å². The quantitative estimate of drug-likeness (QED) is 0.664. The average molecular weight is 301 g/mol. The summed E-state index contributed by atoms with van der Waals surface area (Å²) in [5.74, 6) is 1.02. The fraction of sp³-hybridized carbons (Fsp3) is 0.333. The first-order valence-corrected chi connectivity index (χ1v) is 6.91. The van der Waals surface area contributed by atoms with Crippen molar-refractivity contribution in [2.45, 2.75) is 0 Å². The van der Waals surface area contributed by atoms with Crippen molar-refractivity contribution in [2.75, 3.05) is 38.4 Å². The Bertz CT molecular complexity index is 645. The van der Waals surface area contributed by atoms with Gasteiger partial charge in [0.05, 0.1) is 13.2 Å². The highest BCUT2D eigenvalue weighted by molar-refractivity contribution is 5.97. The number of nitrogens with zero attached hydrogens (tertiary/aromatic N) is 2. The lowest BCUT2D eigenvalue weighted by Crippen LogP contribution is -2.41. The van der Waals surface area contributed by atoms with Crippen molar-refractivity contribution in [3.05, 3.63) is 30.0 Å². The highest BCUT2D eigenvalue weighted by atomic mass is 16.7. The van der Waals surface area contributed by atoms with Crippen molar-refractivity contribution < 1.29 is 19.0 Å². The molecule has 0 radical (unpaired) electrons. The summed E-state index contributed by atoms with van der Waals surface area (Å²) in [6.07, 6.45) is 1.41. The Kier molecular flexibility index (Phi) is 4.12. The zero-order chi connectivity index (χ0) is 15.4. The van der Waals surface area contributed by atoms with Crippen molar-refractivity contribution in [2.24, 2.45) is 0 Å². The fourth-order valence-electron chi connectivity index (χ4n) is 2.22. The maximum Gasteiger partial charge on any atom is 0.266 e. The molecule has 114 valence electrons. The van der Waals surface area contributed by atoms with E-state index in [0.717, 1.165) is 0 Å². The highest BCUT2D eigenvalue weighted by Gasteiger charge is 2.20. The summed E-state index contributed by atoms with van der Waals surface area (Å²) < 4.78 is 15.7. The number of carbonyl (C=O) groups is 1. The lowest BCUT2D eigenvalue weighted by molar-refractivity contribution is -0.130. The number of nitrogens with one attached hydrogen (secondary N) is 1. The molecule has 0 bridgehead atoms. The van der Waals surface area contributed by atoms with Crippen LogP contribution in [0.2, 0.25) is 0 Å². The zero-order valence-electron chi connectivity index (χ0n) is 11.9. The molecule has 7 nitrogen and oxygen atoms in total. The van der Waals surface area contributed by atoms with Crippen LogP contribution < -0.4 is 14.8 Å². The smallest absolute Gasteiger partial charge is 0.266 e. The van der Waals surface area contributed by atoms with Gasteiger partial charge in [0, 0.05) is 31.0 Å². The minimum Gasteiger partial charge on any atom is -0.454 e. The van der Waals surface area contributed by atoms with Gasteiger partial charge in [-0.15, -0.1) is 0 Å². The first-order valence-electron chi connectivity index (χ1n) is 6.91. The van der Waals surface area contributed by atoms with Crippen molar-refractivity contribution in [1.82, 2.24) is 4.90 Å². The summed E-state index contributed by atoms with van der Waals surface area (Å²) in [5.41, 5.74) is 0.770. The Morgan fingerprint density at radius 3 is 2.82 bits per heavy atom. The summed E-state index contributed by atoms with van der Waals surface area (Å²) in [7, 11) is 0. The molecule has 2 heterocycles. The second kappa shape index (κ2) is 6.37. The van der Waals surface area contributed by atoms with Crippen LogP contribution in [0, 0.1) is 11.3 Å². The number of anilines is 1. The molecule has 0 aromatic heterocycles. The molecule has 0 unspecified atom stereocenters. The minimum atomic E-state index is -0.293. The third-order valence-corrected chi connectivity index (χ3v) is 3.40. The topological polar surface area (TPSA) is 83.8 Å². The van der Waals surface area contributed by atoms with Gasteiger partial charge in [-0.05, 0) is 12.1 Å². The Balaban J connectivity index is 1.69. The van der Waals surface area contributed by atoms with Crippen LogP contribution in [0.1, 0.15) is 0 Å². The summed E-state index contributed by atoms with van der Waals surface area (Å²) in [5, 5.41) is 12.1. The van der Waals surface area contributed by atoms with Gasteiger partial charge in [-0.1, -0.05) is 0 Å². The third-order valence-electron chi connectivity index (χ3n) is 3.40. The molecule has 3 rings (SSSR count). The number of fused-ring (bicyclic) bond motifs is 1. The Morgan fingerprint density at radius 1 is 1.27 bits per heavy atom. The largest absolute Gasteiger partial charge is 0.454 e. The van der Waals surface area contributed by atoms with Crippen LogP contribution in [0.5, 0.6) is 11.5 Å². The predicted octanol–water partition coefficient (Wildman–Crippen LogP) is 1.09. The van der Waals surface area contributed by atoms with E-state index in [0.29, 0.717) is 43.5 Å². The first kappa shape index (κ1) is 14.2. The molecule has 2 aliphatic rings. The van der Waals surface area contributed by atoms with Gasteiger partial charge in [-0.3, -0.25) is 4.79 Å². The van der Waals surface area contributed by atoms with E-state index in [-0.39, 0.29) is 18.3 Å². The van der Waals surface area contributed by atoms with Crippen LogP contribution in [0.15, 0.2) is 30.0 Å². The van der Waals surface area contributed by atoms with Gasteiger partial charge < -0.3 is 24.4 Å². The molecule has 2 aliphatic heterocycles. The van der Waals surface area contributed by atoms with Gasteiger partial charge in [-0.25, -0.2) is 0 Å². The van der Waals surface area contributed by atoms with Gasteiger partial charge in [0.1, 0.15) is 11.6 Å². The normalized spacial score (nSPS) is 17.0. The Morgan fingerprint density at radius 2 is 2.05 bits per heavy atom. The van der Waals surface area contributed by atoms with E-state index in [1.165, 1.54) is 6.20 Å². The molecule has 0 aliphatic carbocycles. The van der Waals surface area contributed by atoms with Gasteiger partial charge >= 0.3 is 0 Å². The number of hydrogen-bond donors (Lipinski definition) is 1. The third kappa shape index (κ3) is 2.97. The van der Waals surface area contributed by atoms with E-state index in [1.807, 2.05) is 6.07 Å². The van der Waals surface area contributed by atoms with Crippen LogP contribution in [-0.2, 0) is 9.53 Å². The summed E-state index contributed by atoms with van der Waals surface area (Å²) in [6.45, 7) is 2.21. The molecule has 1 aromatic rings. The fourth-order valence-corrected chi connectivity index (χ4v) is 2.22. The predicted molar refractivity (Wildman–Crippen MR) is 77.3 cm³/mol. The number of rotatable bonds is 3. The molecule has 1 fully saturated rings. The minimum absolute atomic E-state index is 0.0552. The average Bonchev–Trinajstić information content (AvgIpc) is 3.03. The number of amides is 1. The maximum absolute atomic E-state index is 12.2. The standard InChI is InChI=1S/C15H15N3O4/c16-8-11(15(19)18-3-5-20-6-4-18)9-17-12-1-2-13-14(7-12)22-10-21-13/h1-2,7,9,17H,3-6,10H2/b11-9-.